The first-order chi connectivity index (χ1) is 31.5. The number of hydrogen-bond donors (Lipinski definition) is 3. The van der Waals surface area contributed by atoms with Gasteiger partial charge in [0.1, 0.15) is 0 Å². The Balaban J connectivity index is 3.51. The number of hydrogen-bond acceptors (Lipinski definition) is 5. The van der Waals surface area contributed by atoms with Gasteiger partial charge in [-0.3, -0.25) is 9.59 Å². The summed E-state index contributed by atoms with van der Waals surface area (Å²) >= 11 is 0. The standard InChI is InChI=1S/C58H111NO5/c1-3-5-7-9-11-13-15-17-19-21-22-23-26-30-34-38-42-46-50-56(61)55(54-60)59-57(62)51-47-43-39-35-31-27-25-29-33-37-41-45-49-53-64-58(63)52-48-44-40-36-32-28-24-20-18-16-14-12-10-8-6-4-2/h27,31,46,50,55-56,60-61H,3-26,28-30,32-45,47-49,51-54H2,1-2H3,(H,59,62)/b31-27-,50-46+. The van der Waals surface area contributed by atoms with Gasteiger partial charge in [-0.15, -0.1) is 0 Å². The second-order valence-electron chi connectivity index (χ2n) is 19.6. The number of carbonyl (C=O) groups excluding carboxylic acids is 2. The largest absolute Gasteiger partial charge is 0.466 e. The van der Waals surface area contributed by atoms with Crippen molar-refractivity contribution < 1.29 is 24.5 Å². The summed E-state index contributed by atoms with van der Waals surface area (Å²) in [5, 5.41) is 23.1. The Kier molecular flexibility index (Phi) is 52.6. The van der Waals surface area contributed by atoms with Gasteiger partial charge < -0.3 is 20.3 Å². The topological polar surface area (TPSA) is 95.9 Å². The van der Waals surface area contributed by atoms with Gasteiger partial charge in [0.15, 0.2) is 0 Å². The second kappa shape index (κ2) is 54.0. The van der Waals surface area contributed by atoms with Crippen molar-refractivity contribution in [3.8, 4) is 0 Å². The Labute approximate surface area is 399 Å². The van der Waals surface area contributed by atoms with Crippen molar-refractivity contribution in [1.29, 1.82) is 0 Å². The van der Waals surface area contributed by atoms with Crippen molar-refractivity contribution in [2.75, 3.05) is 13.2 Å². The molecule has 0 aliphatic rings. The zero-order valence-electron chi connectivity index (χ0n) is 43.0. The van der Waals surface area contributed by atoms with Crippen molar-refractivity contribution in [1.82, 2.24) is 5.32 Å². The number of allylic oxidation sites excluding steroid dienone is 3. The van der Waals surface area contributed by atoms with Crippen LogP contribution in [0.15, 0.2) is 24.3 Å². The van der Waals surface area contributed by atoms with E-state index < -0.39 is 12.1 Å². The molecule has 0 rings (SSSR count). The minimum Gasteiger partial charge on any atom is -0.466 e. The molecule has 2 atom stereocenters. The van der Waals surface area contributed by atoms with Crippen LogP contribution in [0.1, 0.15) is 309 Å². The molecule has 6 heteroatoms. The van der Waals surface area contributed by atoms with Crippen LogP contribution in [0.3, 0.4) is 0 Å². The molecule has 0 aromatic heterocycles. The van der Waals surface area contributed by atoms with Crippen LogP contribution in [-0.4, -0.2) is 47.4 Å². The number of carbonyl (C=O) groups is 2. The number of aliphatic hydroxyl groups excluding tert-OH is 2. The third-order valence-corrected chi connectivity index (χ3v) is 13.2. The summed E-state index contributed by atoms with van der Waals surface area (Å²) in [5.74, 6) is -0.106. The van der Waals surface area contributed by atoms with E-state index in [1.165, 1.54) is 212 Å². The Morgan fingerprint density at radius 3 is 1.12 bits per heavy atom. The predicted octanol–water partition coefficient (Wildman–Crippen LogP) is 17.5. The molecular formula is C58H111NO5. The normalized spacial score (nSPS) is 12.8. The minimum absolute atomic E-state index is 0.0103. The monoisotopic (exact) mass is 902 g/mol. The van der Waals surface area contributed by atoms with Gasteiger partial charge in [0.05, 0.1) is 25.4 Å². The summed E-state index contributed by atoms with van der Waals surface area (Å²) in [7, 11) is 0. The summed E-state index contributed by atoms with van der Waals surface area (Å²) < 4.78 is 5.47. The SMILES string of the molecule is CCCCCCCCCCCCCCCCCC/C=C/C(O)C(CO)NC(=O)CCCCC/C=C\CCCCCCCCOC(=O)CCCCCCCCCCCCCCCCCC. The fourth-order valence-corrected chi connectivity index (χ4v) is 8.81. The Morgan fingerprint density at radius 2 is 0.734 bits per heavy atom. The van der Waals surface area contributed by atoms with E-state index >= 15 is 0 Å². The second-order valence-corrected chi connectivity index (χ2v) is 19.6. The number of amides is 1. The van der Waals surface area contributed by atoms with Crippen LogP contribution in [0.5, 0.6) is 0 Å². The zero-order valence-corrected chi connectivity index (χ0v) is 43.0. The van der Waals surface area contributed by atoms with Gasteiger partial charge in [-0.25, -0.2) is 0 Å². The number of rotatable bonds is 53. The first kappa shape index (κ1) is 62.3. The van der Waals surface area contributed by atoms with E-state index in [9.17, 15) is 19.8 Å². The van der Waals surface area contributed by atoms with E-state index in [1.807, 2.05) is 6.08 Å². The van der Waals surface area contributed by atoms with Crippen molar-refractivity contribution in [3.63, 3.8) is 0 Å². The van der Waals surface area contributed by atoms with E-state index in [0.29, 0.717) is 19.4 Å². The minimum atomic E-state index is -0.861. The first-order valence-electron chi connectivity index (χ1n) is 28.6. The van der Waals surface area contributed by atoms with E-state index in [4.69, 9.17) is 4.74 Å². The number of unbranched alkanes of at least 4 members (excludes halogenated alkanes) is 40. The van der Waals surface area contributed by atoms with Gasteiger partial charge in [0, 0.05) is 12.8 Å². The van der Waals surface area contributed by atoms with E-state index in [2.05, 4.69) is 31.3 Å². The molecule has 2 unspecified atom stereocenters. The molecular weight excluding hydrogens is 791 g/mol. The van der Waals surface area contributed by atoms with E-state index in [0.717, 1.165) is 70.6 Å². The van der Waals surface area contributed by atoms with Crippen LogP contribution >= 0.6 is 0 Å². The predicted molar refractivity (Wildman–Crippen MR) is 278 cm³/mol. The molecule has 0 bridgehead atoms. The molecule has 1 amide bonds. The van der Waals surface area contributed by atoms with Crippen LogP contribution in [0.25, 0.3) is 0 Å². The Morgan fingerprint density at radius 1 is 0.422 bits per heavy atom. The highest BCUT2D eigenvalue weighted by atomic mass is 16.5. The summed E-state index contributed by atoms with van der Waals surface area (Å²) in [6.45, 7) is 4.88. The van der Waals surface area contributed by atoms with Crippen molar-refractivity contribution in [2.45, 2.75) is 321 Å². The quantitative estimate of drug-likeness (QED) is 0.0321. The van der Waals surface area contributed by atoms with Crippen molar-refractivity contribution >= 4 is 11.9 Å². The molecule has 0 aliphatic carbocycles. The molecule has 0 aromatic rings. The van der Waals surface area contributed by atoms with E-state index in [1.54, 1.807) is 6.08 Å². The summed E-state index contributed by atoms with van der Waals surface area (Å²) in [6, 6.07) is -0.648. The Bertz CT molecular complexity index is 997. The molecule has 0 spiro atoms. The summed E-state index contributed by atoms with van der Waals surface area (Å²) in [5.41, 5.74) is 0. The van der Waals surface area contributed by atoms with Crippen LogP contribution in [-0.2, 0) is 14.3 Å². The third kappa shape index (κ3) is 49.8. The maximum atomic E-state index is 12.5. The Hall–Kier alpha value is -1.66. The van der Waals surface area contributed by atoms with Gasteiger partial charge in [-0.05, 0) is 57.8 Å². The molecule has 0 saturated heterocycles. The first-order valence-corrected chi connectivity index (χ1v) is 28.6. The summed E-state index contributed by atoms with van der Waals surface area (Å²) in [4.78, 5) is 24.5. The number of aliphatic hydroxyl groups is 2. The van der Waals surface area contributed by atoms with Crippen LogP contribution in [0.4, 0.5) is 0 Å². The molecule has 64 heavy (non-hydrogen) atoms. The molecule has 3 N–H and O–H groups in total. The number of nitrogens with one attached hydrogen (secondary N) is 1. The molecule has 6 nitrogen and oxygen atoms in total. The smallest absolute Gasteiger partial charge is 0.305 e. The van der Waals surface area contributed by atoms with Crippen molar-refractivity contribution in [2.24, 2.45) is 0 Å². The molecule has 0 aliphatic heterocycles. The molecule has 378 valence electrons. The lowest BCUT2D eigenvalue weighted by atomic mass is 10.0. The van der Waals surface area contributed by atoms with Gasteiger partial charge in [0.25, 0.3) is 0 Å². The van der Waals surface area contributed by atoms with Gasteiger partial charge in [0.2, 0.25) is 5.91 Å². The van der Waals surface area contributed by atoms with Crippen LogP contribution in [0.2, 0.25) is 0 Å². The maximum Gasteiger partial charge on any atom is 0.305 e. The maximum absolute atomic E-state index is 12.5. The van der Waals surface area contributed by atoms with Gasteiger partial charge >= 0.3 is 5.97 Å². The van der Waals surface area contributed by atoms with E-state index in [-0.39, 0.29) is 18.5 Å². The lowest BCUT2D eigenvalue weighted by Crippen LogP contribution is -2.45. The average Bonchev–Trinajstić information content (AvgIpc) is 3.29. The van der Waals surface area contributed by atoms with Gasteiger partial charge in [-0.1, -0.05) is 263 Å². The molecule has 0 fully saturated rings. The lowest BCUT2D eigenvalue weighted by Gasteiger charge is -2.19. The van der Waals surface area contributed by atoms with Crippen LogP contribution < -0.4 is 5.32 Å². The highest BCUT2D eigenvalue weighted by Crippen LogP contribution is 2.17. The highest BCUT2D eigenvalue weighted by molar-refractivity contribution is 5.76. The molecule has 0 saturated carbocycles. The summed E-state index contributed by atoms with van der Waals surface area (Å²) in [6.07, 6.45) is 64.8. The molecule has 0 aromatic carbocycles. The fraction of sp³-hybridized carbons (Fsp3) is 0.897. The van der Waals surface area contributed by atoms with Crippen molar-refractivity contribution in [3.05, 3.63) is 24.3 Å². The number of ether oxygens (including phenoxy) is 1. The fourth-order valence-electron chi connectivity index (χ4n) is 8.81. The van der Waals surface area contributed by atoms with Crippen LogP contribution in [0, 0.1) is 0 Å². The molecule has 0 radical (unpaired) electrons. The molecule has 0 heterocycles. The lowest BCUT2D eigenvalue weighted by molar-refractivity contribution is -0.143. The average molecular weight is 903 g/mol. The van der Waals surface area contributed by atoms with Gasteiger partial charge in [-0.2, -0.15) is 0 Å². The zero-order chi connectivity index (χ0) is 46.5. The number of esters is 1. The highest BCUT2D eigenvalue weighted by Gasteiger charge is 2.18. The third-order valence-electron chi connectivity index (χ3n) is 13.2.